The van der Waals surface area contributed by atoms with Crippen LogP contribution in [0.1, 0.15) is 29.8 Å². The van der Waals surface area contributed by atoms with Gasteiger partial charge in [0.1, 0.15) is 12.4 Å². The van der Waals surface area contributed by atoms with Gasteiger partial charge in [-0.25, -0.2) is 9.78 Å². The number of benzene rings is 1. The number of rotatable bonds is 4. The zero-order valence-corrected chi connectivity index (χ0v) is 15.6. The number of amides is 2. The Morgan fingerprint density at radius 1 is 1.32 bits per heavy atom. The Hall–Kier alpha value is -3.61. The molecule has 1 aliphatic rings. The summed E-state index contributed by atoms with van der Waals surface area (Å²) in [5.41, 5.74) is 3.57. The van der Waals surface area contributed by atoms with Gasteiger partial charge in [0.05, 0.1) is 6.04 Å². The molecule has 7 heteroatoms. The Labute approximate surface area is 162 Å². The molecule has 1 aliphatic heterocycles. The number of hydrogen-bond donors (Lipinski definition) is 2. The number of para-hydroxylation sites is 1. The lowest BCUT2D eigenvalue weighted by Gasteiger charge is -2.22. The van der Waals surface area contributed by atoms with E-state index in [-0.39, 0.29) is 18.6 Å². The lowest BCUT2D eigenvalue weighted by molar-refractivity contribution is -0.126. The maximum atomic E-state index is 12.6. The normalized spacial score (nSPS) is 14.4. The number of nitrogens with one attached hydrogen (secondary N) is 2. The van der Waals surface area contributed by atoms with E-state index in [9.17, 15) is 9.59 Å². The molecule has 7 nitrogen and oxygen atoms in total. The van der Waals surface area contributed by atoms with E-state index in [1.165, 1.54) is 6.08 Å². The minimum atomic E-state index is -0.508. The molecular formula is C21H20N4O3. The number of likely N-dealkylation sites (N-methyl/N-ethyl adjacent to an activating group) is 1. The Kier molecular flexibility index (Phi) is 4.57. The molecule has 2 amide bonds. The molecule has 0 spiro atoms. The van der Waals surface area contributed by atoms with E-state index in [0.29, 0.717) is 5.82 Å². The molecule has 0 saturated carbocycles. The fourth-order valence-corrected chi connectivity index (χ4v) is 3.12. The number of pyridine rings is 1. The van der Waals surface area contributed by atoms with Crippen LogP contribution in [0, 0.1) is 0 Å². The monoisotopic (exact) mass is 376 g/mol. The molecule has 2 N–H and O–H groups in total. The van der Waals surface area contributed by atoms with E-state index in [0.717, 1.165) is 27.7 Å². The number of ether oxygens (including phenoxy) is 1. The first-order valence-corrected chi connectivity index (χ1v) is 8.96. The van der Waals surface area contributed by atoms with Crippen LogP contribution in [0.25, 0.3) is 17.0 Å². The molecule has 0 fully saturated rings. The van der Waals surface area contributed by atoms with Crippen molar-refractivity contribution in [1.82, 2.24) is 14.9 Å². The second-order valence-electron chi connectivity index (χ2n) is 6.75. The van der Waals surface area contributed by atoms with E-state index < -0.39 is 6.09 Å². The van der Waals surface area contributed by atoms with E-state index in [1.807, 2.05) is 37.3 Å². The number of aromatic amines is 1. The van der Waals surface area contributed by atoms with Crippen molar-refractivity contribution >= 4 is 34.8 Å². The zero-order chi connectivity index (χ0) is 19.7. The summed E-state index contributed by atoms with van der Waals surface area (Å²) in [4.78, 5) is 33.0. The Morgan fingerprint density at radius 2 is 2.14 bits per heavy atom. The molecule has 142 valence electrons. The standard InChI is InChI=1S/C21H20N4O3/c1-13(18-10-15-5-3-4-6-17(15)23-18)25(2)19(26)8-7-14-9-16-12-28-21(27)24-20(16)22-11-14/h3-11,13,23H,12H2,1-2H3,(H,22,24,27)/b8-7+. The summed E-state index contributed by atoms with van der Waals surface area (Å²) in [6.07, 6.45) is 4.33. The summed E-state index contributed by atoms with van der Waals surface area (Å²) in [5, 5.41) is 3.66. The summed E-state index contributed by atoms with van der Waals surface area (Å²) < 4.78 is 4.94. The van der Waals surface area contributed by atoms with Gasteiger partial charge in [0.15, 0.2) is 0 Å². The summed E-state index contributed by atoms with van der Waals surface area (Å²) in [7, 11) is 1.78. The van der Waals surface area contributed by atoms with Gasteiger partial charge < -0.3 is 14.6 Å². The van der Waals surface area contributed by atoms with Gasteiger partial charge >= 0.3 is 6.09 Å². The predicted molar refractivity (Wildman–Crippen MR) is 107 cm³/mol. The minimum absolute atomic E-state index is 0.102. The number of carbonyl (C=O) groups is 2. The third kappa shape index (κ3) is 3.46. The van der Waals surface area contributed by atoms with Crippen molar-refractivity contribution in [1.29, 1.82) is 0 Å². The fraction of sp³-hybridized carbons (Fsp3) is 0.190. The highest BCUT2D eigenvalue weighted by molar-refractivity contribution is 5.92. The summed E-state index contributed by atoms with van der Waals surface area (Å²) in [6.45, 7) is 2.15. The van der Waals surface area contributed by atoms with Gasteiger partial charge in [-0.1, -0.05) is 18.2 Å². The predicted octanol–water partition coefficient (Wildman–Crippen LogP) is 3.86. The van der Waals surface area contributed by atoms with Crippen LogP contribution in [0.2, 0.25) is 0 Å². The van der Waals surface area contributed by atoms with Crippen LogP contribution in [-0.4, -0.2) is 33.9 Å². The lowest BCUT2D eigenvalue weighted by atomic mass is 10.1. The highest BCUT2D eigenvalue weighted by atomic mass is 16.5. The van der Waals surface area contributed by atoms with Crippen LogP contribution in [0.3, 0.4) is 0 Å². The van der Waals surface area contributed by atoms with Gasteiger partial charge in [-0.3, -0.25) is 10.1 Å². The Bertz CT molecular complexity index is 1050. The molecule has 0 bridgehead atoms. The Morgan fingerprint density at radius 3 is 2.96 bits per heavy atom. The van der Waals surface area contributed by atoms with Gasteiger partial charge in [-0.05, 0) is 42.1 Å². The second-order valence-corrected chi connectivity index (χ2v) is 6.75. The molecular weight excluding hydrogens is 356 g/mol. The number of H-pyrrole nitrogens is 1. The lowest BCUT2D eigenvalue weighted by Crippen LogP contribution is -2.28. The van der Waals surface area contributed by atoms with Crippen LogP contribution in [0.15, 0.2) is 48.7 Å². The van der Waals surface area contributed by atoms with Crippen LogP contribution in [-0.2, 0) is 16.1 Å². The van der Waals surface area contributed by atoms with Gasteiger partial charge in [0, 0.05) is 36.1 Å². The van der Waals surface area contributed by atoms with Crippen molar-refractivity contribution in [3.63, 3.8) is 0 Å². The van der Waals surface area contributed by atoms with Crippen molar-refractivity contribution in [3.8, 4) is 0 Å². The molecule has 3 aromatic rings. The topological polar surface area (TPSA) is 87.3 Å². The highest BCUT2D eigenvalue weighted by Gasteiger charge is 2.18. The summed E-state index contributed by atoms with van der Waals surface area (Å²) in [5.74, 6) is 0.373. The first kappa shape index (κ1) is 17.8. The zero-order valence-electron chi connectivity index (χ0n) is 15.6. The number of fused-ring (bicyclic) bond motifs is 2. The van der Waals surface area contributed by atoms with Gasteiger partial charge in [-0.2, -0.15) is 0 Å². The Balaban J connectivity index is 1.47. The maximum Gasteiger partial charge on any atom is 0.413 e. The minimum Gasteiger partial charge on any atom is -0.444 e. The average molecular weight is 376 g/mol. The highest BCUT2D eigenvalue weighted by Crippen LogP contribution is 2.24. The van der Waals surface area contributed by atoms with E-state index in [4.69, 9.17) is 4.74 Å². The molecule has 3 heterocycles. The molecule has 1 aromatic carbocycles. The molecule has 2 aromatic heterocycles. The smallest absolute Gasteiger partial charge is 0.413 e. The maximum absolute atomic E-state index is 12.6. The van der Waals surface area contributed by atoms with Crippen molar-refractivity contribution in [2.75, 3.05) is 12.4 Å². The third-order valence-electron chi connectivity index (χ3n) is 4.91. The van der Waals surface area contributed by atoms with Gasteiger partial charge in [0.25, 0.3) is 0 Å². The van der Waals surface area contributed by atoms with Crippen LogP contribution < -0.4 is 5.32 Å². The molecule has 0 aliphatic carbocycles. The number of anilines is 1. The third-order valence-corrected chi connectivity index (χ3v) is 4.91. The fourth-order valence-electron chi connectivity index (χ4n) is 3.12. The van der Waals surface area contributed by atoms with E-state index in [1.54, 1.807) is 24.2 Å². The van der Waals surface area contributed by atoms with Crippen LogP contribution in [0.4, 0.5) is 10.6 Å². The van der Waals surface area contributed by atoms with Crippen LogP contribution >= 0.6 is 0 Å². The van der Waals surface area contributed by atoms with Crippen molar-refractivity contribution in [2.45, 2.75) is 19.6 Å². The largest absolute Gasteiger partial charge is 0.444 e. The average Bonchev–Trinajstić information content (AvgIpc) is 3.15. The summed E-state index contributed by atoms with van der Waals surface area (Å²) in [6, 6.07) is 11.8. The molecule has 4 rings (SSSR count). The molecule has 1 unspecified atom stereocenters. The number of aromatic nitrogens is 2. The first-order chi connectivity index (χ1) is 13.5. The number of nitrogens with zero attached hydrogens (tertiary/aromatic N) is 2. The molecule has 1 atom stereocenters. The number of carbonyl (C=O) groups excluding carboxylic acids is 2. The van der Waals surface area contributed by atoms with E-state index >= 15 is 0 Å². The first-order valence-electron chi connectivity index (χ1n) is 8.96. The van der Waals surface area contributed by atoms with Gasteiger partial charge in [-0.15, -0.1) is 0 Å². The van der Waals surface area contributed by atoms with Crippen LogP contribution in [0.5, 0.6) is 0 Å². The molecule has 0 radical (unpaired) electrons. The SMILES string of the molecule is CC(c1cc2ccccc2[nH]1)N(C)C(=O)/C=C/c1cnc2c(c1)COC(=O)N2. The molecule has 0 saturated heterocycles. The van der Waals surface area contributed by atoms with Crippen molar-refractivity contribution in [3.05, 3.63) is 65.5 Å². The molecule has 28 heavy (non-hydrogen) atoms. The quantitative estimate of drug-likeness (QED) is 0.677. The van der Waals surface area contributed by atoms with Crippen molar-refractivity contribution in [2.24, 2.45) is 0 Å². The van der Waals surface area contributed by atoms with Crippen molar-refractivity contribution < 1.29 is 14.3 Å². The van der Waals surface area contributed by atoms with Gasteiger partial charge in [0.2, 0.25) is 5.91 Å². The summed E-state index contributed by atoms with van der Waals surface area (Å²) >= 11 is 0. The second kappa shape index (κ2) is 7.19. The van der Waals surface area contributed by atoms with E-state index in [2.05, 4.69) is 21.4 Å². The number of hydrogen-bond acceptors (Lipinski definition) is 4. The number of cyclic esters (lactones) is 1.